The van der Waals surface area contributed by atoms with Gasteiger partial charge < -0.3 is 23.7 Å². The van der Waals surface area contributed by atoms with Crippen LogP contribution in [0.3, 0.4) is 0 Å². The SMILES string of the molecule is CCOC(=O)c1c(CCCOc2cccc3ccccc23)c2cccc(-c3c(CC(F)F)nn(C)c3CBr)c2n1CCCCN(C)C(=O)OC(C)(C)C. The minimum absolute atomic E-state index is 0.187. The average Bonchev–Trinajstić information content (AvgIpc) is 3.60. The Morgan fingerprint density at radius 3 is 2.42 bits per heavy atom. The lowest BCUT2D eigenvalue weighted by Gasteiger charge is -2.24. The Morgan fingerprint density at radius 2 is 1.70 bits per heavy atom. The van der Waals surface area contributed by atoms with E-state index in [0.717, 1.165) is 44.2 Å². The molecule has 5 aromatic rings. The van der Waals surface area contributed by atoms with Crippen molar-refractivity contribution in [3.63, 3.8) is 0 Å². The molecule has 0 radical (unpaired) electrons. The van der Waals surface area contributed by atoms with Crippen LogP contribution in [0.15, 0.2) is 60.7 Å². The van der Waals surface area contributed by atoms with Gasteiger partial charge in [-0.15, -0.1) is 0 Å². The number of rotatable bonds is 16. The van der Waals surface area contributed by atoms with Crippen molar-refractivity contribution < 1.29 is 32.6 Å². The molecule has 0 saturated carbocycles. The third-order valence-corrected chi connectivity index (χ3v) is 9.58. The summed E-state index contributed by atoms with van der Waals surface area (Å²) >= 11 is 3.57. The summed E-state index contributed by atoms with van der Waals surface area (Å²) in [7, 11) is 3.45. The minimum atomic E-state index is -2.59. The standard InChI is InChI=1S/C41H49BrF2N4O5/c1-7-51-39(49)38-30(20-14-24-52-34-21-12-16-27-15-8-9-17-28(27)34)29-18-13-19-31(36-32(25-35(43)44)45-47(6)33(36)26-42)37(29)48(38)23-11-10-22-46(5)40(50)53-41(2,3)4/h8-9,12-13,15-19,21,35H,7,10-11,14,20,22-26H2,1-6H3. The fourth-order valence-corrected chi connectivity index (χ4v) is 7.41. The summed E-state index contributed by atoms with van der Waals surface area (Å²) in [4.78, 5) is 28.1. The summed E-state index contributed by atoms with van der Waals surface area (Å²) in [6.45, 7) is 8.72. The Bertz CT molecular complexity index is 2050. The van der Waals surface area contributed by atoms with Gasteiger partial charge in [0.25, 0.3) is 0 Å². The van der Waals surface area contributed by atoms with Gasteiger partial charge in [0.2, 0.25) is 6.43 Å². The Kier molecular flexibility index (Phi) is 13.2. The number of unbranched alkanes of at least 4 members (excludes halogenated alkanes) is 1. The zero-order chi connectivity index (χ0) is 38.3. The largest absolute Gasteiger partial charge is 0.493 e. The predicted molar refractivity (Wildman–Crippen MR) is 208 cm³/mol. The van der Waals surface area contributed by atoms with Crippen molar-refractivity contribution in [1.82, 2.24) is 19.2 Å². The number of carbonyl (C=O) groups excluding carboxylic acids is 2. The number of halogens is 3. The molecule has 0 fully saturated rings. The Hall–Kier alpha value is -4.45. The number of hydrogen-bond acceptors (Lipinski definition) is 6. The normalized spacial score (nSPS) is 11.8. The molecular formula is C41H49BrF2N4O5. The second-order valence-electron chi connectivity index (χ2n) is 14.1. The molecule has 0 spiro atoms. The van der Waals surface area contributed by atoms with Gasteiger partial charge in [-0.25, -0.2) is 18.4 Å². The first-order valence-corrected chi connectivity index (χ1v) is 19.2. The molecule has 284 valence electrons. The number of benzene rings is 3. The number of aryl methyl sites for hydroxylation is 3. The van der Waals surface area contributed by atoms with Gasteiger partial charge in [0.05, 0.1) is 36.5 Å². The number of amides is 1. The van der Waals surface area contributed by atoms with E-state index in [1.54, 1.807) is 30.6 Å². The summed E-state index contributed by atoms with van der Waals surface area (Å²) in [6.07, 6.45) is -1.14. The van der Waals surface area contributed by atoms with Crippen LogP contribution >= 0.6 is 15.9 Å². The molecule has 9 nitrogen and oxygen atoms in total. The molecule has 2 heterocycles. The molecule has 3 aromatic carbocycles. The third-order valence-electron chi connectivity index (χ3n) is 9.05. The van der Waals surface area contributed by atoms with E-state index in [2.05, 4.69) is 21.0 Å². The van der Waals surface area contributed by atoms with E-state index < -0.39 is 30.5 Å². The molecule has 0 aliphatic heterocycles. The Morgan fingerprint density at radius 1 is 0.981 bits per heavy atom. The van der Waals surface area contributed by atoms with Gasteiger partial charge in [-0.2, -0.15) is 5.10 Å². The molecule has 0 bridgehead atoms. The van der Waals surface area contributed by atoms with Crippen LogP contribution < -0.4 is 4.74 Å². The molecule has 53 heavy (non-hydrogen) atoms. The molecule has 0 atom stereocenters. The highest BCUT2D eigenvalue weighted by Crippen LogP contribution is 2.40. The van der Waals surface area contributed by atoms with Crippen molar-refractivity contribution in [3.8, 4) is 16.9 Å². The van der Waals surface area contributed by atoms with Gasteiger partial charge in [-0.3, -0.25) is 4.68 Å². The van der Waals surface area contributed by atoms with Gasteiger partial charge in [0, 0.05) is 54.4 Å². The summed E-state index contributed by atoms with van der Waals surface area (Å²) in [5, 5.41) is 7.87. The van der Waals surface area contributed by atoms with Gasteiger partial charge >= 0.3 is 12.1 Å². The van der Waals surface area contributed by atoms with Crippen LogP contribution in [0.25, 0.3) is 32.8 Å². The number of hydrogen-bond donors (Lipinski definition) is 0. The molecule has 0 aliphatic carbocycles. The van der Waals surface area contributed by atoms with Crippen LogP contribution in [0.4, 0.5) is 13.6 Å². The van der Waals surface area contributed by atoms with E-state index in [9.17, 15) is 18.4 Å². The number of ether oxygens (including phenoxy) is 3. The first kappa shape index (κ1) is 39.8. The minimum Gasteiger partial charge on any atom is -0.493 e. The fourth-order valence-electron chi connectivity index (χ4n) is 6.77. The number of nitrogens with zero attached hydrogens (tertiary/aromatic N) is 4. The first-order valence-electron chi connectivity index (χ1n) is 18.1. The smallest absolute Gasteiger partial charge is 0.410 e. The van der Waals surface area contributed by atoms with Crippen LogP contribution in [0.5, 0.6) is 5.75 Å². The highest BCUT2D eigenvalue weighted by Gasteiger charge is 2.29. The molecule has 0 unspecified atom stereocenters. The van der Waals surface area contributed by atoms with Crippen molar-refractivity contribution in [2.24, 2.45) is 7.05 Å². The van der Waals surface area contributed by atoms with Crippen molar-refractivity contribution in [1.29, 1.82) is 0 Å². The average molecular weight is 796 g/mol. The van der Waals surface area contributed by atoms with Crippen LogP contribution in [0, 0.1) is 0 Å². The number of esters is 1. The number of para-hydroxylation sites is 1. The number of alkyl halides is 3. The third kappa shape index (κ3) is 9.38. The molecule has 12 heteroatoms. The second kappa shape index (κ2) is 17.6. The first-order chi connectivity index (χ1) is 25.3. The van der Waals surface area contributed by atoms with E-state index in [1.165, 1.54) is 0 Å². The molecule has 2 aromatic heterocycles. The zero-order valence-corrected chi connectivity index (χ0v) is 33.0. The van der Waals surface area contributed by atoms with E-state index >= 15 is 0 Å². The summed E-state index contributed by atoms with van der Waals surface area (Å²) in [5.41, 5.74) is 3.77. The quantitative estimate of drug-likeness (QED) is 0.0562. The van der Waals surface area contributed by atoms with Gasteiger partial charge in [-0.1, -0.05) is 70.5 Å². The number of fused-ring (bicyclic) bond motifs is 2. The lowest BCUT2D eigenvalue weighted by Crippen LogP contribution is -2.34. The van der Waals surface area contributed by atoms with Crippen molar-refractivity contribution >= 4 is 49.7 Å². The topological polar surface area (TPSA) is 87.8 Å². The van der Waals surface area contributed by atoms with E-state index in [1.807, 2.05) is 86.0 Å². The van der Waals surface area contributed by atoms with E-state index in [-0.39, 0.29) is 6.61 Å². The fraction of sp³-hybridized carbons (Fsp3) is 0.439. The number of aromatic nitrogens is 3. The van der Waals surface area contributed by atoms with Crippen molar-refractivity contribution in [2.75, 3.05) is 26.8 Å². The van der Waals surface area contributed by atoms with Crippen molar-refractivity contribution in [2.45, 2.75) is 83.7 Å². The van der Waals surface area contributed by atoms with Crippen LogP contribution in [0.2, 0.25) is 0 Å². The maximum atomic E-state index is 13.9. The van der Waals surface area contributed by atoms with E-state index in [4.69, 9.17) is 14.2 Å². The van der Waals surface area contributed by atoms with Gasteiger partial charge in [0.1, 0.15) is 17.0 Å². The lowest BCUT2D eigenvalue weighted by atomic mass is 9.97. The Balaban J connectivity index is 1.55. The predicted octanol–water partition coefficient (Wildman–Crippen LogP) is 9.73. The maximum absolute atomic E-state index is 13.9. The van der Waals surface area contributed by atoms with Gasteiger partial charge in [0.15, 0.2) is 0 Å². The highest BCUT2D eigenvalue weighted by atomic mass is 79.9. The molecule has 0 N–H and O–H groups in total. The second-order valence-corrected chi connectivity index (χ2v) is 14.6. The maximum Gasteiger partial charge on any atom is 0.410 e. The molecule has 1 amide bonds. The summed E-state index contributed by atoms with van der Waals surface area (Å²) in [6, 6.07) is 19.8. The highest BCUT2D eigenvalue weighted by molar-refractivity contribution is 9.08. The monoisotopic (exact) mass is 794 g/mol. The molecular weight excluding hydrogens is 746 g/mol. The molecule has 5 rings (SSSR count). The number of carbonyl (C=O) groups is 2. The van der Waals surface area contributed by atoms with Crippen LogP contribution in [-0.4, -0.2) is 70.1 Å². The van der Waals surface area contributed by atoms with Crippen LogP contribution in [-0.2, 0) is 41.2 Å². The van der Waals surface area contributed by atoms with E-state index in [0.29, 0.717) is 67.7 Å². The molecule has 0 saturated heterocycles. The zero-order valence-electron chi connectivity index (χ0n) is 31.4. The van der Waals surface area contributed by atoms with Gasteiger partial charge in [-0.05, 0) is 70.4 Å². The summed E-state index contributed by atoms with van der Waals surface area (Å²) in [5.74, 6) is 0.338. The van der Waals surface area contributed by atoms with Crippen molar-refractivity contribution in [3.05, 3.63) is 83.3 Å². The molecule has 0 aliphatic rings. The Labute approximate surface area is 318 Å². The summed E-state index contributed by atoms with van der Waals surface area (Å²) < 4.78 is 49.0. The lowest BCUT2D eigenvalue weighted by molar-refractivity contribution is 0.0295. The van der Waals surface area contributed by atoms with Crippen LogP contribution in [0.1, 0.15) is 74.4 Å².